The summed E-state index contributed by atoms with van der Waals surface area (Å²) in [6.45, 7) is 7.05. The molecule has 0 aromatic carbocycles. The summed E-state index contributed by atoms with van der Waals surface area (Å²) in [5.41, 5.74) is 2.37. The summed E-state index contributed by atoms with van der Waals surface area (Å²) in [4.78, 5) is 17.2. The zero-order valence-electron chi connectivity index (χ0n) is 11.3. The van der Waals surface area contributed by atoms with E-state index in [0.717, 1.165) is 12.8 Å². The van der Waals surface area contributed by atoms with Crippen LogP contribution in [0, 0.1) is 0 Å². The maximum Gasteiger partial charge on any atom is 0.346 e. The van der Waals surface area contributed by atoms with E-state index in [9.17, 15) is 4.79 Å². The Morgan fingerprint density at radius 2 is 2.17 bits per heavy atom. The minimum atomic E-state index is -0.329. The van der Waals surface area contributed by atoms with Crippen LogP contribution in [-0.2, 0) is 0 Å². The largest absolute Gasteiger partial charge is 0.368 e. The highest BCUT2D eigenvalue weighted by Crippen LogP contribution is 2.06. The Morgan fingerprint density at radius 1 is 1.39 bits per heavy atom. The summed E-state index contributed by atoms with van der Waals surface area (Å²) in [5.74, 6) is 0.698. The number of rotatable bonds is 6. The molecule has 0 aliphatic heterocycles. The number of anilines is 1. The summed E-state index contributed by atoms with van der Waals surface area (Å²) in [6.07, 6.45) is 8.02. The number of nitrogens with one attached hydrogen (secondary N) is 2. The van der Waals surface area contributed by atoms with E-state index in [-0.39, 0.29) is 5.69 Å². The van der Waals surface area contributed by atoms with Gasteiger partial charge in [-0.2, -0.15) is 0 Å². The van der Waals surface area contributed by atoms with E-state index in [2.05, 4.69) is 48.2 Å². The Balaban J connectivity index is 2.35. The molecule has 1 rings (SSSR count). The fourth-order valence-electron chi connectivity index (χ4n) is 1.50. The van der Waals surface area contributed by atoms with Crippen molar-refractivity contribution in [2.45, 2.75) is 33.6 Å². The molecular weight excluding hydrogens is 226 g/mol. The van der Waals surface area contributed by atoms with E-state index in [1.165, 1.54) is 17.3 Å². The molecule has 0 aliphatic rings. The van der Waals surface area contributed by atoms with Gasteiger partial charge in [-0.3, -0.25) is 4.98 Å². The average Bonchev–Trinajstić information content (AvgIpc) is 2.28. The standard InChI is InChI=1S/C14H21N3O/c1-11(2)5-4-6-12(3)7-9-15-13-8-10-16-14(18)17-13/h5,7-8,10H,4,6,9H2,1-3H3,(H2,15,16,17,18)/b12-7+. The molecule has 1 heterocycles. The quantitative estimate of drug-likeness (QED) is 0.760. The number of nitrogens with zero attached hydrogens (tertiary/aromatic N) is 1. The minimum Gasteiger partial charge on any atom is -0.368 e. The van der Waals surface area contributed by atoms with Crippen molar-refractivity contribution in [3.63, 3.8) is 0 Å². The first-order valence-corrected chi connectivity index (χ1v) is 6.16. The fraction of sp³-hybridized carbons (Fsp3) is 0.429. The van der Waals surface area contributed by atoms with E-state index in [0.29, 0.717) is 12.4 Å². The lowest BCUT2D eigenvalue weighted by atomic mass is 10.1. The van der Waals surface area contributed by atoms with E-state index in [4.69, 9.17) is 0 Å². The second-order valence-corrected chi connectivity index (χ2v) is 4.54. The molecule has 1 aromatic heterocycles. The van der Waals surface area contributed by atoms with Gasteiger partial charge in [-0.1, -0.05) is 23.3 Å². The van der Waals surface area contributed by atoms with Crippen molar-refractivity contribution in [2.75, 3.05) is 11.9 Å². The van der Waals surface area contributed by atoms with Crippen LogP contribution in [0.3, 0.4) is 0 Å². The van der Waals surface area contributed by atoms with Crippen molar-refractivity contribution in [3.8, 4) is 0 Å². The smallest absolute Gasteiger partial charge is 0.346 e. The molecule has 0 unspecified atom stereocenters. The molecule has 0 spiro atoms. The maximum atomic E-state index is 11.0. The number of aromatic nitrogens is 2. The molecule has 0 atom stereocenters. The van der Waals surface area contributed by atoms with Crippen LogP contribution in [0.25, 0.3) is 0 Å². The highest BCUT2D eigenvalue weighted by Gasteiger charge is 1.92. The van der Waals surface area contributed by atoms with Gasteiger partial charge in [-0.15, -0.1) is 0 Å². The van der Waals surface area contributed by atoms with E-state index in [1.807, 2.05) is 0 Å². The number of allylic oxidation sites excluding steroid dienone is 3. The molecule has 0 fully saturated rings. The molecule has 1 aromatic rings. The Labute approximate surface area is 108 Å². The molecule has 2 N–H and O–H groups in total. The molecule has 0 saturated heterocycles. The van der Waals surface area contributed by atoms with Gasteiger partial charge in [0, 0.05) is 12.7 Å². The van der Waals surface area contributed by atoms with Gasteiger partial charge in [0.15, 0.2) is 0 Å². The van der Waals surface area contributed by atoms with Gasteiger partial charge in [0.2, 0.25) is 0 Å². The van der Waals surface area contributed by atoms with Crippen LogP contribution in [0.5, 0.6) is 0 Å². The van der Waals surface area contributed by atoms with E-state index < -0.39 is 0 Å². The predicted octanol–water partition coefficient (Wildman–Crippen LogP) is 2.87. The van der Waals surface area contributed by atoms with Gasteiger partial charge < -0.3 is 5.32 Å². The molecule has 0 aliphatic carbocycles. The first-order valence-electron chi connectivity index (χ1n) is 6.16. The van der Waals surface area contributed by atoms with Crippen molar-refractivity contribution < 1.29 is 0 Å². The third-order valence-electron chi connectivity index (χ3n) is 2.51. The molecule has 4 heteroatoms. The van der Waals surface area contributed by atoms with Gasteiger partial charge in [-0.05, 0) is 39.7 Å². The third kappa shape index (κ3) is 6.03. The molecule has 18 heavy (non-hydrogen) atoms. The summed E-state index contributed by atoms with van der Waals surface area (Å²) in [7, 11) is 0. The lowest BCUT2D eigenvalue weighted by molar-refractivity contribution is 0.958. The van der Waals surface area contributed by atoms with Gasteiger partial charge in [0.05, 0.1) is 0 Å². The molecule has 4 nitrogen and oxygen atoms in total. The maximum absolute atomic E-state index is 11.0. The third-order valence-corrected chi connectivity index (χ3v) is 2.51. The number of aromatic amines is 1. The zero-order valence-corrected chi connectivity index (χ0v) is 11.3. The van der Waals surface area contributed by atoms with Crippen molar-refractivity contribution in [2.24, 2.45) is 0 Å². The van der Waals surface area contributed by atoms with Crippen LogP contribution in [0.4, 0.5) is 5.82 Å². The van der Waals surface area contributed by atoms with Gasteiger partial charge in [0.1, 0.15) is 5.82 Å². The molecule has 98 valence electrons. The first-order chi connectivity index (χ1) is 8.58. The van der Waals surface area contributed by atoms with Crippen molar-refractivity contribution in [3.05, 3.63) is 46.0 Å². The Morgan fingerprint density at radius 3 is 2.83 bits per heavy atom. The van der Waals surface area contributed by atoms with Crippen molar-refractivity contribution in [1.82, 2.24) is 9.97 Å². The Bertz CT molecular complexity index is 482. The molecular formula is C14H21N3O. The average molecular weight is 247 g/mol. The van der Waals surface area contributed by atoms with Crippen LogP contribution in [-0.4, -0.2) is 16.5 Å². The van der Waals surface area contributed by atoms with Crippen LogP contribution in [0.1, 0.15) is 33.6 Å². The van der Waals surface area contributed by atoms with Crippen molar-refractivity contribution in [1.29, 1.82) is 0 Å². The van der Waals surface area contributed by atoms with Gasteiger partial charge >= 0.3 is 5.69 Å². The first kappa shape index (κ1) is 14.2. The van der Waals surface area contributed by atoms with Crippen LogP contribution in [0.15, 0.2) is 40.4 Å². The van der Waals surface area contributed by atoms with Crippen LogP contribution < -0.4 is 11.0 Å². The summed E-state index contributed by atoms with van der Waals surface area (Å²) >= 11 is 0. The molecule has 0 amide bonds. The number of H-pyrrole nitrogens is 1. The van der Waals surface area contributed by atoms with Crippen molar-refractivity contribution >= 4 is 5.82 Å². The topological polar surface area (TPSA) is 57.8 Å². The van der Waals surface area contributed by atoms with Crippen LogP contribution >= 0.6 is 0 Å². The Kier molecular flexibility index (Phi) is 5.91. The lowest BCUT2D eigenvalue weighted by Crippen LogP contribution is -2.12. The Hall–Kier alpha value is -1.84. The lowest BCUT2D eigenvalue weighted by Gasteiger charge is -2.03. The molecule has 0 bridgehead atoms. The number of hydrogen-bond donors (Lipinski definition) is 2. The van der Waals surface area contributed by atoms with Gasteiger partial charge in [0.25, 0.3) is 0 Å². The van der Waals surface area contributed by atoms with Gasteiger partial charge in [-0.25, -0.2) is 9.78 Å². The number of hydrogen-bond acceptors (Lipinski definition) is 3. The summed E-state index contributed by atoms with van der Waals surface area (Å²) < 4.78 is 0. The van der Waals surface area contributed by atoms with E-state index >= 15 is 0 Å². The van der Waals surface area contributed by atoms with E-state index in [1.54, 1.807) is 6.07 Å². The van der Waals surface area contributed by atoms with Crippen LogP contribution in [0.2, 0.25) is 0 Å². The SMILES string of the molecule is CC(C)=CCC/C(C)=C/CNc1ccnc(=O)[nH]1. The zero-order chi connectivity index (χ0) is 13.4. The second-order valence-electron chi connectivity index (χ2n) is 4.54. The highest BCUT2D eigenvalue weighted by molar-refractivity contribution is 5.32. The minimum absolute atomic E-state index is 0.329. The fourth-order valence-corrected chi connectivity index (χ4v) is 1.50. The molecule has 0 radical (unpaired) electrons. The summed E-state index contributed by atoms with van der Waals surface area (Å²) in [6, 6.07) is 1.74. The normalized spacial score (nSPS) is 11.2. The molecule has 0 saturated carbocycles. The highest BCUT2D eigenvalue weighted by atomic mass is 16.1. The monoisotopic (exact) mass is 247 g/mol. The summed E-state index contributed by atoms with van der Waals surface area (Å²) in [5, 5.41) is 3.13. The predicted molar refractivity (Wildman–Crippen MR) is 75.8 cm³/mol. The second kappa shape index (κ2) is 7.48.